The highest BCUT2D eigenvalue weighted by Crippen LogP contribution is 2.23. The molecule has 0 aliphatic heterocycles. The lowest BCUT2D eigenvalue weighted by atomic mass is 10.1. The third-order valence-corrected chi connectivity index (χ3v) is 7.03. The monoisotopic (exact) mass is 534 g/mol. The second-order valence-corrected chi connectivity index (χ2v) is 10.8. The van der Waals surface area contributed by atoms with Gasteiger partial charge in [-0.1, -0.05) is 103 Å². The summed E-state index contributed by atoms with van der Waals surface area (Å²) in [5.41, 5.74) is 4.09. The molecular formula is C30H31ClN2O3S. The van der Waals surface area contributed by atoms with Crippen molar-refractivity contribution in [2.75, 3.05) is 17.1 Å². The van der Waals surface area contributed by atoms with Gasteiger partial charge in [0, 0.05) is 18.7 Å². The van der Waals surface area contributed by atoms with Gasteiger partial charge in [-0.2, -0.15) is 0 Å². The molecule has 4 aromatic carbocycles. The molecule has 0 N–H and O–H groups in total. The maximum Gasteiger partial charge on any atom is 0.232 e. The Morgan fingerprint density at radius 2 is 1.11 bits per heavy atom. The summed E-state index contributed by atoms with van der Waals surface area (Å²) in [6.07, 6.45) is 1.19. The Balaban J connectivity index is 0.00000380. The van der Waals surface area contributed by atoms with Crippen molar-refractivity contribution < 1.29 is 13.2 Å². The first-order valence-corrected chi connectivity index (χ1v) is 13.7. The van der Waals surface area contributed by atoms with Gasteiger partial charge in [0.2, 0.25) is 10.0 Å². The van der Waals surface area contributed by atoms with Gasteiger partial charge in [0.05, 0.1) is 25.0 Å². The van der Waals surface area contributed by atoms with Crippen molar-refractivity contribution in [3.63, 3.8) is 0 Å². The molecule has 0 bridgehead atoms. The van der Waals surface area contributed by atoms with Crippen LogP contribution in [0.15, 0.2) is 115 Å². The molecule has 4 aromatic rings. The number of halogens is 1. The lowest BCUT2D eigenvalue weighted by Gasteiger charge is -2.24. The SMILES string of the molecule is CS(=O)(=O)N(Cc1ccccc1)c1cccc(C(=O)CN(Cc2ccccc2)Cc2ccccc2)c1.Cl. The van der Waals surface area contributed by atoms with Crippen LogP contribution in [0.3, 0.4) is 0 Å². The van der Waals surface area contributed by atoms with Crippen LogP contribution in [0.5, 0.6) is 0 Å². The molecule has 0 radical (unpaired) electrons. The first-order valence-electron chi connectivity index (χ1n) is 11.8. The van der Waals surface area contributed by atoms with Gasteiger partial charge in [-0.15, -0.1) is 12.4 Å². The standard InChI is InChI=1S/C30H30N2O3S.ClH/c1-36(34,35)32(23-27-16-9-4-10-17-27)29-19-11-18-28(20-29)30(33)24-31(21-25-12-5-2-6-13-25)22-26-14-7-3-8-15-26;/h2-20H,21-24H2,1H3;1H. The zero-order valence-corrected chi connectivity index (χ0v) is 22.4. The zero-order valence-electron chi connectivity index (χ0n) is 20.7. The van der Waals surface area contributed by atoms with Crippen molar-refractivity contribution >= 4 is 33.9 Å². The lowest BCUT2D eigenvalue weighted by Crippen LogP contribution is -2.30. The smallest absolute Gasteiger partial charge is 0.232 e. The highest BCUT2D eigenvalue weighted by atomic mass is 35.5. The van der Waals surface area contributed by atoms with Crippen LogP contribution in [-0.2, 0) is 29.7 Å². The minimum Gasteiger partial charge on any atom is -0.293 e. The van der Waals surface area contributed by atoms with Gasteiger partial charge in [0.15, 0.2) is 5.78 Å². The first kappa shape index (κ1) is 28.1. The summed E-state index contributed by atoms with van der Waals surface area (Å²) >= 11 is 0. The topological polar surface area (TPSA) is 57.7 Å². The second-order valence-electron chi connectivity index (χ2n) is 8.85. The van der Waals surface area contributed by atoms with Crippen LogP contribution in [0.2, 0.25) is 0 Å². The Kier molecular flexibility index (Phi) is 10.0. The molecule has 5 nitrogen and oxygen atoms in total. The van der Waals surface area contributed by atoms with E-state index in [1.807, 2.05) is 66.7 Å². The molecule has 0 aromatic heterocycles. The molecule has 0 heterocycles. The Labute approximate surface area is 225 Å². The zero-order chi connectivity index (χ0) is 25.4. The van der Waals surface area contributed by atoms with Crippen molar-refractivity contribution in [3.05, 3.63) is 138 Å². The van der Waals surface area contributed by atoms with E-state index in [0.29, 0.717) is 24.3 Å². The van der Waals surface area contributed by atoms with Crippen molar-refractivity contribution in [1.29, 1.82) is 0 Å². The van der Waals surface area contributed by atoms with Crippen LogP contribution < -0.4 is 4.31 Å². The summed E-state index contributed by atoms with van der Waals surface area (Å²) in [4.78, 5) is 15.5. The quantitative estimate of drug-likeness (QED) is 0.223. The average Bonchev–Trinajstić information content (AvgIpc) is 2.88. The molecular weight excluding hydrogens is 504 g/mol. The van der Waals surface area contributed by atoms with E-state index in [9.17, 15) is 13.2 Å². The molecule has 0 saturated heterocycles. The normalized spacial score (nSPS) is 11.1. The van der Waals surface area contributed by atoms with E-state index in [2.05, 4.69) is 29.2 Å². The molecule has 0 fully saturated rings. The minimum atomic E-state index is -3.55. The number of nitrogens with zero attached hydrogens (tertiary/aromatic N) is 2. The molecule has 192 valence electrons. The summed E-state index contributed by atoms with van der Waals surface area (Å²) in [5, 5.41) is 0. The number of sulfonamides is 1. The van der Waals surface area contributed by atoms with Gasteiger partial charge >= 0.3 is 0 Å². The Bertz CT molecular complexity index is 1340. The molecule has 37 heavy (non-hydrogen) atoms. The largest absolute Gasteiger partial charge is 0.293 e. The molecule has 0 aliphatic carbocycles. The predicted molar refractivity (Wildman–Crippen MR) is 152 cm³/mol. The highest BCUT2D eigenvalue weighted by molar-refractivity contribution is 7.92. The molecule has 0 aliphatic rings. The first-order chi connectivity index (χ1) is 17.4. The van der Waals surface area contributed by atoms with E-state index >= 15 is 0 Å². The molecule has 0 saturated carbocycles. The summed E-state index contributed by atoms with van der Waals surface area (Å²) < 4.78 is 26.6. The number of Topliss-reactive ketones (excluding diaryl/α,β-unsaturated/α-hetero) is 1. The number of benzene rings is 4. The summed E-state index contributed by atoms with van der Waals surface area (Å²) in [6.45, 7) is 1.67. The number of rotatable bonds is 11. The van der Waals surface area contributed by atoms with E-state index < -0.39 is 10.0 Å². The third kappa shape index (κ3) is 8.29. The highest BCUT2D eigenvalue weighted by Gasteiger charge is 2.20. The van der Waals surface area contributed by atoms with Gasteiger partial charge in [-0.25, -0.2) is 8.42 Å². The van der Waals surface area contributed by atoms with Gasteiger partial charge in [0.25, 0.3) is 0 Å². The molecule has 0 amide bonds. The lowest BCUT2D eigenvalue weighted by molar-refractivity contribution is 0.0920. The van der Waals surface area contributed by atoms with Crippen LogP contribution in [0.4, 0.5) is 5.69 Å². The van der Waals surface area contributed by atoms with Crippen molar-refractivity contribution in [2.45, 2.75) is 19.6 Å². The maximum absolute atomic E-state index is 13.4. The predicted octanol–water partition coefficient (Wildman–Crippen LogP) is 5.96. The van der Waals surface area contributed by atoms with Crippen LogP contribution in [0, 0.1) is 0 Å². The Morgan fingerprint density at radius 1 is 0.649 bits per heavy atom. The average molecular weight is 535 g/mol. The van der Waals surface area contributed by atoms with E-state index in [4.69, 9.17) is 0 Å². The van der Waals surface area contributed by atoms with Crippen LogP contribution in [0.1, 0.15) is 27.0 Å². The number of hydrogen-bond donors (Lipinski definition) is 0. The van der Waals surface area contributed by atoms with Gasteiger partial charge in [-0.05, 0) is 28.8 Å². The van der Waals surface area contributed by atoms with E-state index in [1.165, 1.54) is 10.6 Å². The molecule has 0 atom stereocenters. The molecule has 0 unspecified atom stereocenters. The van der Waals surface area contributed by atoms with E-state index in [-0.39, 0.29) is 31.3 Å². The maximum atomic E-state index is 13.4. The number of carbonyl (C=O) groups excluding carboxylic acids is 1. The number of ketones is 1. The summed E-state index contributed by atoms with van der Waals surface area (Å²) in [6, 6.07) is 36.5. The van der Waals surface area contributed by atoms with Crippen molar-refractivity contribution in [3.8, 4) is 0 Å². The fourth-order valence-corrected chi connectivity index (χ4v) is 5.01. The Hall–Kier alpha value is -3.45. The van der Waals surface area contributed by atoms with Gasteiger partial charge < -0.3 is 0 Å². The van der Waals surface area contributed by atoms with Gasteiger partial charge in [-0.3, -0.25) is 14.0 Å². The van der Waals surface area contributed by atoms with Crippen molar-refractivity contribution in [2.24, 2.45) is 0 Å². The van der Waals surface area contributed by atoms with E-state index in [0.717, 1.165) is 16.7 Å². The third-order valence-electron chi connectivity index (χ3n) is 5.89. The number of anilines is 1. The fourth-order valence-electron chi connectivity index (χ4n) is 4.13. The summed E-state index contributed by atoms with van der Waals surface area (Å²) in [7, 11) is -3.55. The fraction of sp³-hybridized carbons (Fsp3) is 0.167. The van der Waals surface area contributed by atoms with Crippen molar-refractivity contribution in [1.82, 2.24) is 4.90 Å². The van der Waals surface area contributed by atoms with Crippen LogP contribution >= 0.6 is 12.4 Å². The molecule has 0 spiro atoms. The minimum absolute atomic E-state index is 0. The van der Waals surface area contributed by atoms with Crippen LogP contribution in [-0.4, -0.2) is 31.9 Å². The number of carbonyl (C=O) groups is 1. The van der Waals surface area contributed by atoms with Gasteiger partial charge in [0.1, 0.15) is 0 Å². The second kappa shape index (κ2) is 13.2. The molecule has 7 heteroatoms. The molecule has 4 rings (SSSR count). The Morgan fingerprint density at radius 3 is 1.57 bits per heavy atom. The van der Waals surface area contributed by atoms with E-state index in [1.54, 1.807) is 24.3 Å². The summed E-state index contributed by atoms with van der Waals surface area (Å²) in [5.74, 6) is -0.0584. The number of hydrogen-bond acceptors (Lipinski definition) is 4. The van der Waals surface area contributed by atoms with Crippen LogP contribution in [0.25, 0.3) is 0 Å².